The van der Waals surface area contributed by atoms with E-state index in [1.165, 1.54) is 31.7 Å². The molecule has 0 bridgehead atoms. The molecule has 5 aliphatic rings. The van der Waals surface area contributed by atoms with Crippen LogP contribution < -0.4 is 20.7 Å². The lowest BCUT2D eigenvalue weighted by atomic mass is 9.57. The zero-order valence-corrected chi connectivity index (χ0v) is 35.1. The molecular weight excluding hydrogens is 818 g/mol. The molecule has 4 fully saturated rings. The van der Waals surface area contributed by atoms with Gasteiger partial charge in [0.25, 0.3) is 17.7 Å². The number of halogens is 3. The smallest absolute Gasteiger partial charge is 0.433 e. The largest absolute Gasteiger partial charge is 0.492 e. The Kier molecular flexibility index (Phi) is 11.5. The lowest BCUT2D eigenvalue weighted by Gasteiger charge is -2.53. The van der Waals surface area contributed by atoms with Crippen molar-refractivity contribution in [2.24, 2.45) is 17.3 Å². The molecule has 4 aromatic rings. The number of likely N-dealkylation sites (tertiary alicyclic amines) is 1. The lowest BCUT2D eigenvalue weighted by molar-refractivity contribution is -0.141. The minimum atomic E-state index is -4.67. The average molecular weight is 869 g/mol. The van der Waals surface area contributed by atoms with E-state index in [0.29, 0.717) is 58.6 Å². The van der Waals surface area contributed by atoms with Gasteiger partial charge < -0.3 is 20.3 Å². The van der Waals surface area contributed by atoms with Crippen molar-refractivity contribution < 1.29 is 41.9 Å². The van der Waals surface area contributed by atoms with E-state index < -0.39 is 47.4 Å². The number of pyridine rings is 1. The fourth-order valence-electron chi connectivity index (χ4n) is 10.6. The third-order valence-corrected chi connectivity index (χ3v) is 13.8. The fourth-order valence-corrected chi connectivity index (χ4v) is 10.6. The van der Waals surface area contributed by atoms with Gasteiger partial charge in [0.1, 0.15) is 23.2 Å². The molecule has 9 rings (SSSR count). The van der Waals surface area contributed by atoms with Crippen molar-refractivity contribution in [3.8, 4) is 5.75 Å². The number of anilines is 2. The van der Waals surface area contributed by atoms with Crippen molar-refractivity contribution in [3.05, 3.63) is 77.2 Å². The molecule has 5 amide bonds. The summed E-state index contributed by atoms with van der Waals surface area (Å²) in [6, 6.07) is 11.1. The van der Waals surface area contributed by atoms with Crippen molar-refractivity contribution in [1.82, 2.24) is 29.9 Å². The van der Waals surface area contributed by atoms with Gasteiger partial charge >= 0.3 is 6.18 Å². The van der Waals surface area contributed by atoms with E-state index >= 15 is 0 Å². The number of nitrogens with zero attached hydrogens (tertiary/aromatic N) is 5. The Bertz CT molecular complexity index is 2450. The first-order valence-electron chi connectivity index (χ1n) is 22.1. The molecule has 17 heteroatoms. The highest BCUT2D eigenvalue weighted by molar-refractivity contribution is 6.25. The normalized spacial score (nSPS) is 22.9. The summed E-state index contributed by atoms with van der Waals surface area (Å²) >= 11 is 0. The molecule has 3 N–H and O–H groups in total. The molecule has 2 aliphatic carbocycles. The molecule has 3 aliphatic heterocycles. The molecule has 332 valence electrons. The fraction of sp³-hybridized carbons (Fsp3) is 0.500. The van der Waals surface area contributed by atoms with Gasteiger partial charge in [0.05, 0.1) is 35.0 Å². The molecule has 63 heavy (non-hydrogen) atoms. The van der Waals surface area contributed by atoms with Crippen LogP contribution in [0.4, 0.5) is 24.5 Å². The summed E-state index contributed by atoms with van der Waals surface area (Å²) in [6.45, 7) is 6.13. The minimum absolute atomic E-state index is 0.0815. The van der Waals surface area contributed by atoms with Crippen LogP contribution in [0.3, 0.4) is 0 Å². The molecule has 5 heterocycles. The highest BCUT2D eigenvalue weighted by atomic mass is 19.4. The highest BCUT2D eigenvalue weighted by Gasteiger charge is 2.47. The van der Waals surface area contributed by atoms with E-state index in [4.69, 9.17) is 9.84 Å². The number of nitrogens with one attached hydrogen (secondary N) is 3. The Morgan fingerprint density at radius 2 is 1.70 bits per heavy atom. The lowest BCUT2D eigenvalue weighted by Crippen LogP contribution is -2.54. The number of aromatic nitrogens is 3. The SMILES string of the molecule is CCOc1cc2nn([C@H]3CC[C@H](CN4CCC5(CC4)CC(CCNc4cccc6c4C(=O)N(C4CCC(=O)NC4=O)C6=O)C5)CC3)cc2cc1NC(=O)c1cccc(C(F)(F)F)n1. The molecule has 1 spiro atoms. The summed E-state index contributed by atoms with van der Waals surface area (Å²) in [6.07, 6.45) is 7.49. The molecule has 2 aromatic carbocycles. The first kappa shape index (κ1) is 42.5. The van der Waals surface area contributed by atoms with Crippen LogP contribution in [0, 0.1) is 17.3 Å². The number of hydrogen-bond acceptors (Lipinski definition) is 10. The summed E-state index contributed by atoms with van der Waals surface area (Å²) < 4.78 is 47.5. The van der Waals surface area contributed by atoms with E-state index in [2.05, 4.69) is 25.8 Å². The zero-order chi connectivity index (χ0) is 44.0. The van der Waals surface area contributed by atoms with E-state index in [1.807, 2.05) is 17.8 Å². The summed E-state index contributed by atoms with van der Waals surface area (Å²) in [5.41, 5.74) is 1.14. The summed E-state index contributed by atoms with van der Waals surface area (Å²) in [7, 11) is 0. The number of ether oxygens (including phenoxy) is 1. The topological polar surface area (TPSA) is 168 Å². The number of amides is 5. The number of benzene rings is 2. The Hall–Kier alpha value is -5.84. The van der Waals surface area contributed by atoms with E-state index in [9.17, 15) is 37.1 Å². The van der Waals surface area contributed by atoms with Gasteiger partial charge in [-0.25, -0.2) is 4.98 Å². The Morgan fingerprint density at radius 1 is 0.937 bits per heavy atom. The number of fused-ring (bicyclic) bond motifs is 2. The monoisotopic (exact) mass is 868 g/mol. The molecule has 0 radical (unpaired) electrons. The number of hydrogen-bond donors (Lipinski definition) is 3. The average Bonchev–Trinajstić information content (AvgIpc) is 3.78. The van der Waals surface area contributed by atoms with Gasteiger partial charge in [0, 0.05) is 42.8 Å². The molecule has 1 atom stereocenters. The van der Waals surface area contributed by atoms with Crippen molar-refractivity contribution in [1.29, 1.82) is 0 Å². The molecule has 14 nitrogen and oxygen atoms in total. The van der Waals surface area contributed by atoms with Crippen LogP contribution in [0.5, 0.6) is 5.75 Å². The van der Waals surface area contributed by atoms with Gasteiger partial charge in [0.2, 0.25) is 11.8 Å². The van der Waals surface area contributed by atoms with Crippen LogP contribution >= 0.6 is 0 Å². The summed E-state index contributed by atoms with van der Waals surface area (Å²) in [4.78, 5) is 71.0. The quantitative estimate of drug-likeness (QED) is 0.124. The third kappa shape index (κ3) is 8.63. The van der Waals surface area contributed by atoms with Crippen LogP contribution in [0.25, 0.3) is 10.9 Å². The van der Waals surface area contributed by atoms with Crippen molar-refractivity contribution in [2.45, 2.75) is 95.8 Å². The molecule has 2 aromatic heterocycles. The number of imide groups is 2. The van der Waals surface area contributed by atoms with Gasteiger partial charge in [-0.15, -0.1) is 0 Å². The molecular formula is C46H51F3N8O6. The van der Waals surface area contributed by atoms with Crippen molar-refractivity contribution >= 4 is 51.8 Å². The molecule has 2 saturated heterocycles. The number of piperidine rings is 2. The maximum atomic E-state index is 13.5. The van der Waals surface area contributed by atoms with Gasteiger partial charge in [-0.3, -0.25) is 38.9 Å². The van der Waals surface area contributed by atoms with Crippen molar-refractivity contribution in [3.63, 3.8) is 0 Å². The first-order valence-corrected chi connectivity index (χ1v) is 22.1. The van der Waals surface area contributed by atoms with Crippen LogP contribution in [0.2, 0.25) is 0 Å². The van der Waals surface area contributed by atoms with Crippen LogP contribution in [-0.4, -0.2) is 92.9 Å². The van der Waals surface area contributed by atoms with Crippen LogP contribution in [-0.2, 0) is 15.8 Å². The first-order chi connectivity index (χ1) is 30.3. The maximum Gasteiger partial charge on any atom is 0.433 e. The molecule has 1 unspecified atom stereocenters. The minimum Gasteiger partial charge on any atom is -0.492 e. The standard InChI is InChI=1S/C46H51F3N8O6/c1-2-63-37-22-34-29(21-35(37)52-41(59)33-7-4-8-38(51-33)46(47,48)49)26-56(54-34)30-11-9-27(10-12-30)25-55-19-16-45(17-20-55)23-28(24-45)15-18-50-32-6-3-5-31-40(32)44(62)57(43(31)61)36-13-14-39(58)53-42(36)60/h3-8,21-22,26-28,30,36,50H,2,9-20,23-25H2,1H3,(H,52,59)(H,53,58,60)/t27-,30-,36?. The number of rotatable bonds is 12. The number of carbonyl (C=O) groups excluding carboxylic acids is 5. The van der Waals surface area contributed by atoms with E-state index in [1.54, 1.807) is 30.3 Å². The highest BCUT2D eigenvalue weighted by Crippen LogP contribution is 2.54. The Morgan fingerprint density at radius 3 is 2.43 bits per heavy atom. The molecule has 2 saturated carbocycles. The van der Waals surface area contributed by atoms with Gasteiger partial charge in [0.15, 0.2) is 0 Å². The Balaban J connectivity index is 0.721. The third-order valence-electron chi connectivity index (χ3n) is 13.8. The van der Waals surface area contributed by atoms with Crippen LogP contribution in [0.15, 0.2) is 54.7 Å². The predicted octanol–water partition coefficient (Wildman–Crippen LogP) is 7.23. The second-order valence-corrected chi connectivity index (χ2v) is 17.9. The number of alkyl halides is 3. The summed E-state index contributed by atoms with van der Waals surface area (Å²) in [5.74, 6) is -1.19. The van der Waals surface area contributed by atoms with Gasteiger partial charge in [-0.1, -0.05) is 12.1 Å². The zero-order valence-electron chi connectivity index (χ0n) is 35.1. The number of carbonyl (C=O) groups is 5. The predicted molar refractivity (Wildman–Crippen MR) is 226 cm³/mol. The summed E-state index contributed by atoms with van der Waals surface area (Å²) in [5, 5.41) is 14.0. The van der Waals surface area contributed by atoms with E-state index in [-0.39, 0.29) is 30.1 Å². The van der Waals surface area contributed by atoms with Crippen molar-refractivity contribution in [2.75, 3.05) is 43.4 Å². The second-order valence-electron chi connectivity index (χ2n) is 17.9. The maximum absolute atomic E-state index is 13.5. The van der Waals surface area contributed by atoms with Gasteiger partial charge in [-0.05, 0) is 132 Å². The van der Waals surface area contributed by atoms with Gasteiger partial charge in [-0.2, -0.15) is 18.3 Å². The van der Waals surface area contributed by atoms with E-state index in [0.717, 1.165) is 74.2 Å². The van der Waals surface area contributed by atoms with Crippen LogP contribution in [0.1, 0.15) is 120 Å². The Labute approximate surface area is 362 Å². The second kappa shape index (κ2) is 17.0.